The Labute approximate surface area is 201 Å². The zero-order valence-electron chi connectivity index (χ0n) is 16.4. The van der Waals surface area contributed by atoms with Crippen LogP contribution in [0, 0.1) is 10.1 Å². The van der Waals surface area contributed by atoms with Crippen LogP contribution in [0.3, 0.4) is 0 Å². The van der Waals surface area contributed by atoms with Crippen molar-refractivity contribution in [1.82, 2.24) is 4.72 Å². The first kappa shape index (κ1) is 25.2. The number of rotatable bonds is 8. The van der Waals surface area contributed by atoms with Crippen molar-refractivity contribution in [3.8, 4) is 16.9 Å². The maximum Gasteiger partial charge on any atom is 1.00 e. The van der Waals surface area contributed by atoms with Crippen molar-refractivity contribution in [1.29, 1.82) is 0 Å². The van der Waals surface area contributed by atoms with Gasteiger partial charge in [-0.05, 0) is 35.4 Å². The van der Waals surface area contributed by atoms with Gasteiger partial charge < -0.3 is 9.42 Å². The normalized spacial score (nSPS) is 12.9. The second kappa shape index (κ2) is 10.5. The third kappa shape index (κ3) is 6.98. The molecule has 31 heavy (non-hydrogen) atoms. The van der Waals surface area contributed by atoms with Crippen molar-refractivity contribution in [2.24, 2.45) is 0 Å². The van der Waals surface area contributed by atoms with E-state index < -0.39 is 28.8 Å². The number of nitrogens with zero attached hydrogens (tertiary/aromatic N) is 1. The van der Waals surface area contributed by atoms with Gasteiger partial charge in [0.15, 0.2) is 7.60 Å². The Morgan fingerprint density at radius 3 is 2.00 bits per heavy atom. The molecule has 0 bridgehead atoms. The second-order valence-corrected chi connectivity index (χ2v) is 9.64. The molecule has 0 spiro atoms. The molecule has 0 aliphatic rings. The van der Waals surface area contributed by atoms with E-state index >= 15 is 0 Å². The van der Waals surface area contributed by atoms with Gasteiger partial charge in [-0.1, -0.05) is 42.5 Å². The smallest absolute Gasteiger partial charge is 0.768 e. The molecular formula is C19H16N2NaO7PS. The van der Waals surface area contributed by atoms with Crippen molar-refractivity contribution >= 4 is 23.3 Å². The molecule has 9 nitrogen and oxygen atoms in total. The van der Waals surface area contributed by atoms with Crippen molar-refractivity contribution < 1.29 is 56.9 Å². The maximum atomic E-state index is 12.4. The number of nitrogens with one attached hydrogen (secondary N) is 1. The standard InChI is InChI=1S/C19H17N2O7PS.Na/c22-21(23)17-8-10-18(11-9-17)28-29(24,25)14-20-30(26,27)19-12-6-16(7-13-19)15-4-2-1-3-5-15;/h1-13,20H,14H2,(H,24,25);/q;+1/p-1. The van der Waals surface area contributed by atoms with Crippen molar-refractivity contribution in [3.05, 3.63) is 89.0 Å². The van der Waals surface area contributed by atoms with Crippen molar-refractivity contribution in [2.45, 2.75) is 4.90 Å². The SMILES string of the molecule is O=[N+]([O-])c1ccc(OP(=O)([O-])CNS(=O)(=O)c2ccc(-c3ccccc3)cc2)cc1.[Na+]. The Balaban J connectivity index is 0.00000341. The fourth-order valence-electron chi connectivity index (χ4n) is 2.53. The van der Waals surface area contributed by atoms with Crippen molar-refractivity contribution in [2.75, 3.05) is 6.29 Å². The molecule has 3 aromatic carbocycles. The van der Waals surface area contributed by atoms with Gasteiger partial charge in [0.25, 0.3) is 5.69 Å². The van der Waals surface area contributed by atoms with Gasteiger partial charge in [-0.15, -0.1) is 0 Å². The molecule has 12 heteroatoms. The van der Waals surface area contributed by atoms with Gasteiger partial charge in [-0.25, -0.2) is 13.1 Å². The number of nitro benzene ring substituents is 1. The van der Waals surface area contributed by atoms with Gasteiger partial charge in [0.2, 0.25) is 10.0 Å². The fraction of sp³-hybridized carbons (Fsp3) is 0.0526. The minimum absolute atomic E-state index is 0. The molecule has 0 aromatic heterocycles. The van der Waals surface area contributed by atoms with Crippen LogP contribution in [-0.4, -0.2) is 19.6 Å². The number of hydrogen-bond acceptors (Lipinski definition) is 7. The average Bonchev–Trinajstić information content (AvgIpc) is 2.73. The molecule has 1 N–H and O–H groups in total. The first-order valence-corrected chi connectivity index (χ1v) is 11.8. The summed E-state index contributed by atoms with van der Waals surface area (Å²) in [5, 5.41) is 10.6. The van der Waals surface area contributed by atoms with E-state index in [0.717, 1.165) is 35.4 Å². The van der Waals surface area contributed by atoms with E-state index in [1.807, 2.05) is 35.1 Å². The van der Waals surface area contributed by atoms with Gasteiger partial charge >= 0.3 is 29.6 Å². The van der Waals surface area contributed by atoms with Crippen LogP contribution >= 0.6 is 7.60 Å². The number of sulfonamides is 1. The molecule has 3 rings (SSSR count). The van der Waals surface area contributed by atoms with Crippen LogP contribution in [0.2, 0.25) is 0 Å². The zero-order chi connectivity index (χ0) is 21.8. The Hall–Kier alpha value is -2.04. The van der Waals surface area contributed by atoms with Gasteiger partial charge in [0, 0.05) is 12.1 Å². The summed E-state index contributed by atoms with van der Waals surface area (Å²) < 4.78 is 43.7. The monoisotopic (exact) mass is 470 g/mol. The summed E-state index contributed by atoms with van der Waals surface area (Å²) in [4.78, 5) is 22.0. The quantitative estimate of drug-likeness (QED) is 0.214. The van der Waals surface area contributed by atoms with E-state index in [-0.39, 0.29) is 45.9 Å². The van der Waals surface area contributed by atoms with Crippen LogP contribution < -0.4 is 43.7 Å². The summed E-state index contributed by atoms with van der Waals surface area (Å²) in [6, 6.07) is 19.7. The van der Waals surface area contributed by atoms with E-state index in [4.69, 9.17) is 4.52 Å². The van der Waals surface area contributed by atoms with Crippen LogP contribution in [0.15, 0.2) is 83.8 Å². The van der Waals surface area contributed by atoms with E-state index in [1.54, 1.807) is 12.1 Å². The van der Waals surface area contributed by atoms with Crippen LogP contribution in [0.25, 0.3) is 11.1 Å². The Morgan fingerprint density at radius 2 is 1.45 bits per heavy atom. The number of hydrogen-bond donors (Lipinski definition) is 1. The van der Waals surface area contributed by atoms with Gasteiger partial charge in [-0.3, -0.25) is 14.7 Å². The Kier molecular flexibility index (Phi) is 8.56. The molecule has 1 atom stereocenters. The molecule has 0 amide bonds. The first-order chi connectivity index (χ1) is 14.2. The van der Waals surface area contributed by atoms with Gasteiger partial charge in [0.05, 0.1) is 16.1 Å². The molecule has 1 unspecified atom stereocenters. The summed E-state index contributed by atoms with van der Waals surface area (Å²) in [7, 11) is -8.73. The minimum Gasteiger partial charge on any atom is -0.768 e. The zero-order valence-corrected chi connectivity index (χ0v) is 20.1. The Morgan fingerprint density at radius 1 is 0.903 bits per heavy atom. The summed E-state index contributed by atoms with van der Waals surface area (Å²) >= 11 is 0. The van der Waals surface area contributed by atoms with Crippen molar-refractivity contribution in [3.63, 3.8) is 0 Å². The molecule has 0 fully saturated rings. The third-order valence-corrected chi connectivity index (χ3v) is 6.68. The molecule has 0 saturated heterocycles. The van der Waals surface area contributed by atoms with Crippen LogP contribution in [0.1, 0.15) is 0 Å². The summed E-state index contributed by atoms with van der Waals surface area (Å²) in [5.41, 5.74) is 1.49. The number of benzene rings is 3. The summed E-state index contributed by atoms with van der Waals surface area (Å²) in [5.74, 6) is -0.162. The molecule has 3 aromatic rings. The Bertz CT molecular complexity index is 1190. The topological polar surface area (TPSA) is 139 Å². The fourth-order valence-corrected chi connectivity index (χ4v) is 5.01. The predicted molar refractivity (Wildman–Crippen MR) is 108 cm³/mol. The van der Waals surface area contributed by atoms with Gasteiger partial charge in [0.1, 0.15) is 5.75 Å². The van der Waals surface area contributed by atoms with E-state index in [2.05, 4.69) is 0 Å². The van der Waals surface area contributed by atoms with Crippen LogP contribution in [-0.2, 0) is 14.6 Å². The molecular weight excluding hydrogens is 454 g/mol. The van der Waals surface area contributed by atoms with E-state index in [0.29, 0.717) is 0 Å². The maximum absolute atomic E-state index is 12.4. The molecule has 0 aliphatic heterocycles. The van der Waals surface area contributed by atoms with Crippen LogP contribution in [0.4, 0.5) is 5.69 Å². The first-order valence-electron chi connectivity index (χ1n) is 8.56. The molecule has 0 radical (unpaired) electrons. The molecule has 0 saturated carbocycles. The summed E-state index contributed by atoms with van der Waals surface area (Å²) in [6.07, 6.45) is -0.979. The second-order valence-electron chi connectivity index (χ2n) is 6.15. The average molecular weight is 470 g/mol. The number of nitro groups is 1. The van der Waals surface area contributed by atoms with Gasteiger partial charge in [-0.2, -0.15) is 0 Å². The summed E-state index contributed by atoms with van der Waals surface area (Å²) in [6.45, 7) is 0. The number of non-ortho nitro benzene ring substituents is 1. The minimum atomic E-state index is -4.64. The van der Waals surface area contributed by atoms with E-state index in [9.17, 15) is 28.0 Å². The molecule has 0 heterocycles. The molecule has 0 aliphatic carbocycles. The predicted octanol–water partition coefficient (Wildman–Crippen LogP) is 0.134. The third-order valence-electron chi connectivity index (χ3n) is 4.01. The molecule has 156 valence electrons. The largest absolute Gasteiger partial charge is 1.00 e. The van der Waals surface area contributed by atoms with E-state index in [1.165, 1.54) is 12.1 Å². The van der Waals surface area contributed by atoms with Crippen LogP contribution in [0.5, 0.6) is 5.75 Å².